The number of nitrogens with two attached hydrogens (primary N) is 1. The molecule has 5 heteroatoms. The minimum atomic E-state index is -0.124. The van der Waals surface area contributed by atoms with Crippen molar-refractivity contribution in [3.63, 3.8) is 0 Å². The molecular weight excluding hydrogens is 258 g/mol. The van der Waals surface area contributed by atoms with Crippen LogP contribution in [0.5, 0.6) is 0 Å². The quantitative estimate of drug-likeness (QED) is 0.720. The number of thiophene rings is 1. The van der Waals surface area contributed by atoms with Crippen LogP contribution in [0.4, 0.5) is 10.7 Å². The van der Waals surface area contributed by atoms with Crippen LogP contribution in [0.15, 0.2) is 18.7 Å². The second-order valence-electron chi connectivity index (χ2n) is 4.35. The Kier molecular flexibility index (Phi) is 6.42. The van der Waals surface area contributed by atoms with Gasteiger partial charge in [0, 0.05) is 19.6 Å². The van der Waals surface area contributed by atoms with Crippen LogP contribution < -0.4 is 16.0 Å². The lowest BCUT2D eigenvalue weighted by atomic mass is 10.3. The molecule has 0 atom stereocenters. The summed E-state index contributed by atoms with van der Waals surface area (Å²) in [6.45, 7) is 10.3. The highest BCUT2D eigenvalue weighted by Crippen LogP contribution is 2.32. The van der Waals surface area contributed by atoms with Crippen molar-refractivity contribution in [2.45, 2.75) is 26.7 Å². The lowest BCUT2D eigenvalue weighted by Crippen LogP contribution is -2.24. The Morgan fingerprint density at radius 3 is 2.63 bits per heavy atom. The summed E-state index contributed by atoms with van der Waals surface area (Å²) in [5, 5.41) is 3.83. The predicted molar refractivity (Wildman–Crippen MR) is 84.1 cm³/mol. The fourth-order valence-electron chi connectivity index (χ4n) is 1.84. The lowest BCUT2D eigenvalue weighted by Gasteiger charge is -2.21. The standard InChI is InChI=1S/C14H23N3OS/c1-4-7-16-14(18)13-11(15)10-12(19-13)17(8-5-2)9-6-3/h4,10H,1,5-9,15H2,2-3H3,(H,16,18). The van der Waals surface area contributed by atoms with Crippen LogP contribution in [0.3, 0.4) is 0 Å². The van der Waals surface area contributed by atoms with Gasteiger partial charge in [0.2, 0.25) is 0 Å². The van der Waals surface area contributed by atoms with E-state index in [4.69, 9.17) is 5.73 Å². The van der Waals surface area contributed by atoms with Crippen molar-refractivity contribution in [3.8, 4) is 0 Å². The van der Waals surface area contributed by atoms with E-state index < -0.39 is 0 Å². The third kappa shape index (κ3) is 4.28. The first-order chi connectivity index (χ1) is 9.13. The van der Waals surface area contributed by atoms with Gasteiger partial charge in [0.15, 0.2) is 0 Å². The predicted octanol–water partition coefficient (Wildman–Crippen LogP) is 2.87. The number of carbonyl (C=O) groups excluding carboxylic acids is 1. The van der Waals surface area contributed by atoms with Crippen molar-refractivity contribution in [1.29, 1.82) is 0 Å². The topological polar surface area (TPSA) is 58.4 Å². The van der Waals surface area contributed by atoms with Crippen molar-refractivity contribution >= 4 is 27.9 Å². The molecule has 1 amide bonds. The molecule has 0 radical (unpaired) electrons. The van der Waals surface area contributed by atoms with Crippen molar-refractivity contribution in [3.05, 3.63) is 23.6 Å². The summed E-state index contributed by atoms with van der Waals surface area (Å²) < 4.78 is 0. The van der Waals surface area contributed by atoms with Crippen molar-refractivity contribution in [2.24, 2.45) is 0 Å². The molecule has 0 aliphatic carbocycles. The molecule has 106 valence electrons. The maximum Gasteiger partial charge on any atom is 0.263 e. The van der Waals surface area contributed by atoms with E-state index in [0.717, 1.165) is 30.9 Å². The van der Waals surface area contributed by atoms with Gasteiger partial charge in [-0.25, -0.2) is 0 Å². The lowest BCUT2D eigenvalue weighted by molar-refractivity contribution is 0.0963. The van der Waals surface area contributed by atoms with Gasteiger partial charge in [-0.15, -0.1) is 17.9 Å². The summed E-state index contributed by atoms with van der Waals surface area (Å²) >= 11 is 1.46. The third-order valence-corrected chi connectivity index (χ3v) is 3.87. The van der Waals surface area contributed by atoms with E-state index in [1.54, 1.807) is 6.08 Å². The van der Waals surface area contributed by atoms with E-state index in [2.05, 4.69) is 30.6 Å². The summed E-state index contributed by atoms with van der Waals surface area (Å²) in [6.07, 6.45) is 3.81. The molecule has 0 bridgehead atoms. The molecular formula is C14H23N3OS. The number of anilines is 2. The van der Waals surface area contributed by atoms with Crippen molar-refractivity contribution in [2.75, 3.05) is 30.3 Å². The molecule has 19 heavy (non-hydrogen) atoms. The number of rotatable bonds is 8. The van der Waals surface area contributed by atoms with Crippen molar-refractivity contribution < 1.29 is 4.79 Å². The number of nitrogens with zero attached hydrogens (tertiary/aromatic N) is 1. The van der Waals surface area contributed by atoms with Gasteiger partial charge in [-0.2, -0.15) is 0 Å². The highest BCUT2D eigenvalue weighted by atomic mass is 32.1. The highest BCUT2D eigenvalue weighted by molar-refractivity contribution is 7.18. The molecule has 3 N–H and O–H groups in total. The average Bonchev–Trinajstić information content (AvgIpc) is 2.78. The van der Waals surface area contributed by atoms with Crippen LogP contribution in [0.2, 0.25) is 0 Å². The first-order valence-corrected chi connectivity index (χ1v) is 7.49. The van der Waals surface area contributed by atoms with Gasteiger partial charge >= 0.3 is 0 Å². The molecule has 4 nitrogen and oxygen atoms in total. The van der Waals surface area contributed by atoms with Gasteiger partial charge in [0.25, 0.3) is 5.91 Å². The molecule has 0 spiro atoms. The van der Waals surface area contributed by atoms with E-state index in [9.17, 15) is 4.79 Å². The molecule has 0 aliphatic rings. The molecule has 0 aromatic carbocycles. The van der Waals surface area contributed by atoms with Crippen molar-refractivity contribution in [1.82, 2.24) is 5.32 Å². The molecule has 0 saturated heterocycles. The van der Waals surface area contributed by atoms with E-state index >= 15 is 0 Å². The number of hydrogen-bond acceptors (Lipinski definition) is 4. The Balaban J connectivity index is 2.86. The largest absolute Gasteiger partial charge is 0.397 e. The second-order valence-corrected chi connectivity index (χ2v) is 5.39. The van der Waals surface area contributed by atoms with Crippen LogP contribution in [0.1, 0.15) is 36.4 Å². The highest BCUT2D eigenvalue weighted by Gasteiger charge is 2.16. The molecule has 0 aliphatic heterocycles. The van der Waals surface area contributed by atoms with Crippen LogP contribution in [0, 0.1) is 0 Å². The molecule has 0 fully saturated rings. The second kappa shape index (κ2) is 7.84. The number of amides is 1. The Hall–Kier alpha value is -1.49. The molecule has 1 rings (SSSR count). The Labute approximate surface area is 119 Å². The first-order valence-electron chi connectivity index (χ1n) is 6.67. The zero-order chi connectivity index (χ0) is 14.3. The maximum absolute atomic E-state index is 11.9. The van der Waals surface area contributed by atoms with Gasteiger partial charge < -0.3 is 16.0 Å². The van der Waals surface area contributed by atoms with Crippen LogP contribution in [-0.4, -0.2) is 25.5 Å². The Bertz CT molecular complexity index is 422. The van der Waals surface area contributed by atoms with Gasteiger partial charge in [0.1, 0.15) is 4.88 Å². The Morgan fingerprint density at radius 1 is 1.47 bits per heavy atom. The molecule has 0 saturated carbocycles. The number of hydrogen-bond donors (Lipinski definition) is 2. The summed E-state index contributed by atoms with van der Waals surface area (Å²) in [7, 11) is 0. The summed E-state index contributed by atoms with van der Waals surface area (Å²) in [6, 6.07) is 1.90. The molecule has 1 aromatic rings. The van der Waals surface area contributed by atoms with Gasteiger partial charge in [-0.3, -0.25) is 4.79 Å². The average molecular weight is 281 g/mol. The monoisotopic (exact) mass is 281 g/mol. The summed E-state index contributed by atoms with van der Waals surface area (Å²) in [5.41, 5.74) is 6.50. The summed E-state index contributed by atoms with van der Waals surface area (Å²) in [5.74, 6) is -0.124. The third-order valence-electron chi connectivity index (χ3n) is 2.66. The maximum atomic E-state index is 11.9. The summed E-state index contributed by atoms with van der Waals surface area (Å²) in [4.78, 5) is 14.8. The van der Waals surface area contributed by atoms with Crippen LogP contribution >= 0.6 is 11.3 Å². The van der Waals surface area contributed by atoms with Crippen LogP contribution in [-0.2, 0) is 0 Å². The zero-order valence-corrected chi connectivity index (χ0v) is 12.6. The minimum Gasteiger partial charge on any atom is -0.397 e. The zero-order valence-electron chi connectivity index (χ0n) is 11.7. The van der Waals surface area contributed by atoms with E-state index in [1.807, 2.05) is 6.07 Å². The van der Waals surface area contributed by atoms with Gasteiger partial charge in [-0.05, 0) is 18.9 Å². The minimum absolute atomic E-state index is 0.124. The fourth-order valence-corrected chi connectivity index (χ4v) is 2.89. The number of nitrogen functional groups attached to an aromatic ring is 1. The van der Waals surface area contributed by atoms with E-state index in [-0.39, 0.29) is 5.91 Å². The smallest absolute Gasteiger partial charge is 0.263 e. The van der Waals surface area contributed by atoms with Gasteiger partial charge in [-0.1, -0.05) is 19.9 Å². The fraction of sp³-hybridized carbons (Fsp3) is 0.500. The van der Waals surface area contributed by atoms with E-state index in [1.165, 1.54) is 11.3 Å². The number of nitrogens with one attached hydrogen (secondary N) is 1. The normalized spacial score (nSPS) is 10.2. The first kappa shape index (κ1) is 15.6. The van der Waals surface area contributed by atoms with Crippen LogP contribution in [0.25, 0.3) is 0 Å². The van der Waals surface area contributed by atoms with E-state index in [0.29, 0.717) is 17.1 Å². The molecule has 0 unspecified atom stereocenters. The van der Waals surface area contributed by atoms with Gasteiger partial charge in [0.05, 0.1) is 10.7 Å². The molecule has 1 heterocycles. The number of carbonyl (C=O) groups is 1. The molecule has 1 aromatic heterocycles. The Morgan fingerprint density at radius 2 is 2.11 bits per heavy atom. The SMILES string of the molecule is C=CCNC(=O)c1sc(N(CCC)CCC)cc1N.